The summed E-state index contributed by atoms with van der Waals surface area (Å²) in [4.78, 5) is 2.04. The standard InChI is InChI=1S/C15H17NO/c1-16(2)14-10-8-13(9-11-14)15(17)12-6-4-3-5-7-12/h3-11,15,17H,1-2H3/t15-/m1/s1. The molecule has 0 bridgehead atoms. The normalized spacial score (nSPS) is 12.2. The lowest BCUT2D eigenvalue weighted by atomic mass is 10.0. The second kappa shape index (κ2) is 5.02. The van der Waals surface area contributed by atoms with Gasteiger partial charge in [0.05, 0.1) is 0 Å². The fourth-order valence-corrected chi connectivity index (χ4v) is 1.78. The van der Waals surface area contributed by atoms with Crippen LogP contribution in [-0.2, 0) is 0 Å². The first-order chi connectivity index (χ1) is 8.18. The van der Waals surface area contributed by atoms with Crippen molar-refractivity contribution in [2.75, 3.05) is 19.0 Å². The SMILES string of the molecule is CN(C)c1ccc([C@H](O)c2ccccc2)cc1. The molecule has 2 nitrogen and oxygen atoms in total. The first-order valence-corrected chi connectivity index (χ1v) is 5.69. The van der Waals surface area contributed by atoms with Crippen LogP contribution in [0.1, 0.15) is 17.2 Å². The molecule has 2 aromatic rings. The Balaban J connectivity index is 2.23. The Bertz CT molecular complexity index is 462. The minimum Gasteiger partial charge on any atom is -0.384 e. The number of anilines is 1. The van der Waals surface area contributed by atoms with E-state index in [2.05, 4.69) is 0 Å². The van der Waals surface area contributed by atoms with E-state index in [4.69, 9.17) is 0 Å². The van der Waals surface area contributed by atoms with Gasteiger partial charge in [-0.2, -0.15) is 0 Å². The lowest BCUT2D eigenvalue weighted by molar-refractivity contribution is 0.220. The van der Waals surface area contributed by atoms with Gasteiger partial charge in [0, 0.05) is 19.8 Å². The van der Waals surface area contributed by atoms with Crippen LogP contribution in [0.25, 0.3) is 0 Å². The molecule has 1 N–H and O–H groups in total. The molecule has 0 unspecified atom stereocenters. The van der Waals surface area contributed by atoms with Crippen molar-refractivity contribution in [2.45, 2.75) is 6.10 Å². The third-order valence-electron chi connectivity index (χ3n) is 2.84. The minimum absolute atomic E-state index is 0.549. The van der Waals surface area contributed by atoms with Gasteiger partial charge in [0.25, 0.3) is 0 Å². The zero-order chi connectivity index (χ0) is 12.3. The van der Waals surface area contributed by atoms with E-state index in [-0.39, 0.29) is 0 Å². The molecule has 0 spiro atoms. The van der Waals surface area contributed by atoms with E-state index in [0.717, 1.165) is 16.8 Å². The number of nitrogens with zero attached hydrogens (tertiary/aromatic N) is 1. The molecule has 2 rings (SSSR count). The fraction of sp³-hybridized carbons (Fsp3) is 0.200. The molecule has 0 aliphatic carbocycles. The second-order valence-corrected chi connectivity index (χ2v) is 4.30. The molecule has 2 aromatic carbocycles. The Morgan fingerprint density at radius 2 is 1.35 bits per heavy atom. The monoisotopic (exact) mass is 227 g/mol. The van der Waals surface area contributed by atoms with Crippen molar-refractivity contribution in [1.29, 1.82) is 0 Å². The summed E-state index contributed by atoms with van der Waals surface area (Å²) in [5.41, 5.74) is 2.97. The molecule has 0 saturated carbocycles. The molecule has 1 atom stereocenters. The van der Waals surface area contributed by atoms with Gasteiger partial charge in [-0.1, -0.05) is 42.5 Å². The van der Waals surface area contributed by atoms with Gasteiger partial charge < -0.3 is 10.0 Å². The Kier molecular flexibility index (Phi) is 3.45. The van der Waals surface area contributed by atoms with Gasteiger partial charge in [-0.05, 0) is 23.3 Å². The van der Waals surface area contributed by atoms with Crippen LogP contribution in [0.3, 0.4) is 0 Å². The van der Waals surface area contributed by atoms with Crippen molar-refractivity contribution in [1.82, 2.24) is 0 Å². The highest BCUT2D eigenvalue weighted by atomic mass is 16.3. The predicted molar refractivity (Wildman–Crippen MR) is 71.3 cm³/mol. The van der Waals surface area contributed by atoms with Crippen LogP contribution in [0.2, 0.25) is 0 Å². The van der Waals surface area contributed by atoms with Gasteiger partial charge in [0.2, 0.25) is 0 Å². The van der Waals surface area contributed by atoms with Crippen LogP contribution in [0.4, 0.5) is 5.69 Å². The van der Waals surface area contributed by atoms with Crippen LogP contribution < -0.4 is 4.90 Å². The number of aliphatic hydroxyl groups excluding tert-OH is 1. The number of benzene rings is 2. The van der Waals surface area contributed by atoms with Gasteiger partial charge in [0.1, 0.15) is 6.10 Å². The van der Waals surface area contributed by atoms with E-state index in [1.807, 2.05) is 73.6 Å². The third kappa shape index (κ3) is 2.66. The first-order valence-electron chi connectivity index (χ1n) is 5.69. The van der Waals surface area contributed by atoms with Crippen LogP contribution in [0.15, 0.2) is 54.6 Å². The molecule has 0 radical (unpaired) electrons. The van der Waals surface area contributed by atoms with Crippen molar-refractivity contribution in [3.05, 3.63) is 65.7 Å². The molecule has 0 saturated heterocycles. The average Bonchev–Trinajstić information content (AvgIpc) is 2.39. The van der Waals surface area contributed by atoms with Crippen molar-refractivity contribution in [3.8, 4) is 0 Å². The maximum atomic E-state index is 10.2. The molecule has 0 aromatic heterocycles. The first kappa shape index (κ1) is 11.7. The number of rotatable bonds is 3. The fourth-order valence-electron chi connectivity index (χ4n) is 1.78. The Morgan fingerprint density at radius 1 is 0.824 bits per heavy atom. The summed E-state index contributed by atoms with van der Waals surface area (Å²) in [7, 11) is 4.01. The summed E-state index contributed by atoms with van der Waals surface area (Å²) in [6.07, 6.45) is -0.549. The highest BCUT2D eigenvalue weighted by Crippen LogP contribution is 2.23. The molecular weight excluding hydrogens is 210 g/mol. The van der Waals surface area contributed by atoms with Crippen LogP contribution >= 0.6 is 0 Å². The molecular formula is C15H17NO. The van der Waals surface area contributed by atoms with Gasteiger partial charge >= 0.3 is 0 Å². The van der Waals surface area contributed by atoms with E-state index in [1.165, 1.54) is 0 Å². The van der Waals surface area contributed by atoms with E-state index < -0.39 is 6.10 Å². The van der Waals surface area contributed by atoms with Gasteiger partial charge in [-0.25, -0.2) is 0 Å². The van der Waals surface area contributed by atoms with E-state index in [0.29, 0.717) is 0 Å². The Hall–Kier alpha value is -1.80. The molecule has 0 heterocycles. The van der Waals surface area contributed by atoms with E-state index in [9.17, 15) is 5.11 Å². The molecule has 0 fully saturated rings. The van der Waals surface area contributed by atoms with Crippen LogP contribution in [0, 0.1) is 0 Å². The van der Waals surface area contributed by atoms with Gasteiger partial charge in [-0.3, -0.25) is 0 Å². The number of hydrogen-bond donors (Lipinski definition) is 1. The quantitative estimate of drug-likeness (QED) is 0.871. The topological polar surface area (TPSA) is 23.5 Å². The van der Waals surface area contributed by atoms with E-state index in [1.54, 1.807) is 0 Å². The lowest BCUT2D eigenvalue weighted by Crippen LogP contribution is -2.08. The predicted octanol–water partition coefficient (Wildman–Crippen LogP) is 2.83. The third-order valence-corrected chi connectivity index (χ3v) is 2.84. The molecule has 17 heavy (non-hydrogen) atoms. The molecule has 2 heteroatoms. The minimum atomic E-state index is -0.549. The number of hydrogen-bond acceptors (Lipinski definition) is 2. The Morgan fingerprint density at radius 3 is 1.88 bits per heavy atom. The summed E-state index contributed by atoms with van der Waals surface area (Å²) >= 11 is 0. The molecule has 0 amide bonds. The van der Waals surface area contributed by atoms with Gasteiger partial charge in [-0.15, -0.1) is 0 Å². The van der Waals surface area contributed by atoms with E-state index >= 15 is 0 Å². The number of aliphatic hydroxyl groups is 1. The second-order valence-electron chi connectivity index (χ2n) is 4.30. The highest BCUT2D eigenvalue weighted by molar-refractivity contribution is 5.47. The van der Waals surface area contributed by atoms with Crippen LogP contribution in [-0.4, -0.2) is 19.2 Å². The zero-order valence-corrected chi connectivity index (χ0v) is 10.2. The summed E-state index contributed by atoms with van der Waals surface area (Å²) in [5.74, 6) is 0. The highest BCUT2D eigenvalue weighted by Gasteiger charge is 2.09. The maximum Gasteiger partial charge on any atom is 0.104 e. The summed E-state index contributed by atoms with van der Waals surface area (Å²) in [5, 5.41) is 10.2. The van der Waals surface area contributed by atoms with Gasteiger partial charge in [0.15, 0.2) is 0 Å². The van der Waals surface area contributed by atoms with Crippen molar-refractivity contribution >= 4 is 5.69 Å². The zero-order valence-electron chi connectivity index (χ0n) is 10.2. The smallest absolute Gasteiger partial charge is 0.104 e. The van der Waals surface area contributed by atoms with Crippen molar-refractivity contribution in [3.63, 3.8) is 0 Å². The maximum absolute atomic E-state index is 10.2. The Labute approximate surface area is 102 Å². The largest absolute Gasteiger partial charge is 0.384 e. The van der Waals surface area contributed by atoms with Crippen LogP contribution in [0.5, 0.6) is 0 Å². The molecule has 0 aliphatic rings. The average molecular weight is 227 g/mol. The summed E-state index contributed by atoms with van der Waals surface area (Å²) in [6.45, 7) is 0. The molecule has 0 aliphatic heterocycles. The summed E-state index contributed by atoms with van der Waals surface area (Å²) < 4.78 is 0. The van der Waals surface area contributed by atoms with Crippen molar-refractivity contribution < 1.29 is 5.11 Å². The summed E-state index contributed by atoms with van der Waals surface area (Å²) in [6, 6.07) is 17.7. The lowest BCUT2D eigenvalue weighted by Gasteiger charge is -2.15. The van der Waals surface area contributed by atoms with Crippen molar-refractivity contribution in [2.24, 2.45) is 0 Å². The molecule has 88 valence electrons.